The van der Waals surface area contributed by atoms with Gasteiger partial charge in [-0.3, -0.25) is 9.59 Å². The third-order valence-electron chi connectivity index (χ3n) is 14.9. The minimum atomic E-state index is -1.13. The number of thiophene rings is 5. The molecule has 0 saturated carbocycles. The maximum absolute atomic E-state index is 13.1. The molecule has 26 heteroatoms. The summed E-state index contributed by atoms with van der Waals surface area (Å²) in [5, 5.41) is 31.2. The maximum Gasteiger partial charge on any atom is 1.00 e. The number of anilines is 5. The van der Waals surface area contributed by atoms with Gasteiger partial charge in [0.25, 0.3) is 11.1 Å². The van der Waals surface area contributed by atoms with Crippen molar-refractivity contribution in [3.8, 4) is 52.2 Å². The number of esters is 3. The molecule has 0 aliphatic heterocycles. The van der Waals surface area contributed by atoms with Crippen molar-refractivity contribution in [2.24, 2.45) is 0 Å². The number of nitrogens with one attached hydrogen (secondary N) is 3. The minimum absolute atomic E-state index is 0. The Morgan fingerprint density at radius 3 is 0.991 bits per heavy atom. The van der Waals surface area contributed by atoms with E-state index in [0.717, 1.165) is 63.6 Å². The van der Waals surface area contributed by atoms with Gasteiger partial charge in [0.1, 0.15) is 19.5 Å². The summed E-state index contributed by atoms with van der Waals surface area (Å²) in [4.78, 5) is 90.0. The number of aromatic carboxylic acids is 2. The van der Waals surface area contributed by atoms with E-state index in [1.807, 2.05) is 225 Å². The fourth-order valence-corrected chi connectivity index (χ4v) is 15.5. The molecule has 12 rings (SSSR count). The Balaban J connectivity index is 0.000000210. The van der Waals surface area contributed by atoms with Gasteiger partial charge in [0.15, 0.2) is 0 Å². The number of carbonyl (C=O) groups is 7. The van der Waals surface area contributed by atoms with Crippen LogP contribution >= 0.6 is 91.5 Å². The number of carboxylic acid groups (broad SMARTS) is 2. The molecule has 12 aromatic rings. The van der Waals surface area contributed by atoms with Crippen LogP contribution in [0.4, 0.5) is 28.4 Å². The number of amides is 1. The van der Waals surface area contributed by atoms with E-state index in [-0.39, 0.29) is 87.3 Å². The molecule has 0 unspecified atom stereocenters. The van der Waals surface area contributed by atoms with Crippen LogP contribution in [0.5, 0.6) is 0 Å². The van der Waals surface area contributed by atoms with Crippen LogP contribution in [0.15, 0.2) is 231 Å². The minimum Gasteiger partial charge on any atom is -0.544 e. The molecule has 0 aliphatic rings. The molecule has 110 heavy (non-hydrogen) atoms. The topological polar surface area (TPSA) is 256 Å². The molecule has 0 atom stereocenters. The molecule has 0 fully saturated rings. The smallest absolute Gasteiger partial charge is 0.544 e. The van der Waals surface area contributed by atoms with Crippen LogP contribution in [-0.2, 0) is 14.2 Å². The van der Waals surface area contributed by atoms with Crippen molar-refractivity contribution in [1.29, 1.82) is 0 Å². The average Bonchev–Trinajstić information content (AvgIpc) is 1.76. The molecule has 17 nitrogen and oxygen atoms in total. The van der Waals surface area contributed by atoms with Crippen LogP contribution in [0.2, 0.25) is 10.0 Å². The van der Waals surface area contributed by atoms with Gasteiger partial charge in [0.2, 0.25) is 0 Å². The summed E-state index contributed by atoms with van der Waals surface area (Å²) in [6.45, 7) is 15.8. The van der Waals surface area contributed by atoms with Crippen LogP contribution in [0, 0.1) is 0 Å². The molecule has 0 spiro atoms. The average molecular weight is 1640 g/mol. The first-order valence-electron chi connectivity index (χ1n) is 33.9. The van der Waals surface area contributed by atoms with E-state index in [1.165, 1.54) is 82.9 Å². The number of ether oxygens (including phenoxy) is 3. The third kappa shape index (κ3) is 26.4. The van der Waals surface area contributed by atoms with Crippen LogP contribution in [0.25, 0.3) is 52.2 Å². The van der Waals surface area contributed by atoms with Gasteiger partial charge in [-0.2, -0.15) is 0 Å². The van der Waals surface area contributed by atoms with Gasteiger partial charge < -0.3 is 55.8 Å². The predicted octanol–water partition coefficient (Wildman–Crippen LogP) is 19.0. The summed E-state index contributed by atoms with van der Waals surface area (Å²) in [5.74, 6) is -3.42. The Morgan fingerprint density at radius 2 is 0.691 bits per heavy atom. The fraction of sp³-hybridized carbons (Fsp3) is 0.179. The van der Waals surface area contributed by atoms with Crippen molar-refractivity contribution in [1.82, 2.24) is 0 Å². The van der Waals surface area contributed by atoms with E-state index in [9.17, 15) is 43.8 Å². The van der Waals surface area contributed by atoms with Crippen LogP contribution < -0.4 is 61.2 Å². The molecule has 566 valence electrons. The summed E-state index contributed by atoms with van der Waals surface area (Å²) in [7, 11) is 4.16. The zero-order valence-corrected chi connectivity index (χ0v) is 70.7. The first-order valence-corrected chi connectivity index (χ1v) is 39.1. The van der Waals surface area contributed by atoms with Crippen molar-refractivity contribution in [2.75, 3.05) is 47.9 Å². The van der Waals surface area contributed by atoms with Gasteiger partial charge in [-0.15, -0.1) is 56.7 Å². The number of hydrogen-bond donors (Lipinski definition) is 5. The predicted molar refractivity (Wildman–Crippen MR) is 450 cm³/mol. The number of nitrogen functional groups attached to an aromatic ring is 1. The first-order chi connectivity index (χ1) is 52.1. The second-order valence-electron chi connectivity index (χ2n) is 24.6. The van der Waals surface area contributed by atoms with E-state index in [0.29, 0.717) is 52.9 Å². The summed E-state index contributed by atoms with van der Waals surface area (Å²) in [5.41, 5.74) is 15.1. The number of rotatable bonds is 20. The van der Waals surface area contributed by atoms with Gasteiger partial charge in [-0.05, 0) is 174 Å². The van der Waals surface area contributed by atoms with Crippen molar-refractivity contribution in [2.45, 2.75) is 79.6 Å². The van der Waals surface area contributed by atoms with Crippen molar-refractivity contribution in [3.05, 3.63) is 276 Å². The molecule has 0 saturated heterocycles. The number of methoxy groups -OCH3 is 3. The number of hydrogen-bond acceptors (Lipinski definition) is 20. The Labute approximate surface area is 697 Å². The molecule has 0 aliphatic carbocycles. The number of halogens is 3. The van der Waals surface area contributed by atoms with Crippen molar-refractivity contribution < 1.29 is 87.5 Å². The molecule has 6 N–H and O–H groups in total. The summed E-state index contributed by atoms with van der Waals surface area (Å²) >= 11 is 23.3. The van der Waals surface area contributed by atoms with E-state index < -0.39 is 17.2 Å². The number of carboxylic acids is 2. The molecular weight excluding hydrogens is 1560 g/mol. The van der Waals surface area contributed by atoms with Crippen LogP contribution in [-0.4, -0.2) is 91.6 Å². The molecule has 0 radical (unpaired) electrons. The summed E-state index contributed by atoms with van der Waals surface area (Å²) in [6.07, 6.45) is 0. The Kier molecular flexibility index (Phi) is 36.2. The number of benzene rings is 7. The largest absolute Gasteiger partial charge is 1.00 e. The monoisotopic (exact) mass is 1640 g/mol. The quantitative estimate of drug-likeness (QED) is 0.0206. The first kappa shape index (κ1) is 89.5. The number of carbonyl (C=O) groups excluding carboxylic acids is 6. The van der Waals surface area contributed by atoms with Gasteiger partial charge in [0.05, 0.1) is 60.6 Å². The molecule has 7 aromatic carbocycles. The van der Waals surface area contributed by atoms with Gasteiger partial charge in [-0.25, -0.2) is 19.2 Å². The maximum atomic E-state index is 13.1. The molecule has 5 heterocycles. The zero-order valence-electron chi connectivity index (χ0n) is 62.4. The van der Waals surface area contributed by atoms with Gasteiger partial charge in [-0.1, -0.05) is 175 Å². The second-order valence-corrected chi connectivity index (χ2v) is 31.1. The number of nitrogens with two attached hydrogens (primary N) is 1. The Bertz CT molecular complexity index is 4860. The third-order valence-corrected chi connectivity index (χ3v) is 21.5. The van der Waals surface area contributed by atoms with Gasteiger partial charge >= 0.3 is 53.4 Å². The summed E-state index contributed by atoms with van der Waals surface area (Å²) < 4.78 is 14.3. The standard InChI is InChI=1S/C21H18ClNO3S.2C15H17NO2S.C14H15NO2S.C12H11NO2S.C7H4Cl2O.Na/c1-13(2)23(20(24)15-8-10-16(22)11-9-15)17-12-18(27-19(17)21(25)26)14-6-4-3-5-7-14;2*1-10(2)16-12-9-13(11-7-5-4-6-8-11)19-14(12)15(17)18-3;1-9(2)15-11-8-12(18-13(11)14(16)17)10-6-4-3-5-7-10;1-15-12(14)11-9(13)7-10(16-11)8-5-3-2-4-6-8;8-6-3-1-5(2-4-6)7(9)10;/h3-13H,1-2H3,(H,25,26);2*4-10,16H,1-3H3;3-9,15H,1-2H3,(H,16,17);2-7H,13H2,1H3;1-4H;/q;;;;;;+1/p-1. The van der Waals surface area contributed by atoms with E-state index in [4.69, 9.17) is 50.0 Å². The fourth-order valence-electron chi connectivity index (χ4n) is 10.1. The van der Waals surface area contributed by atoms with Crippen molar-refractivity contribution >= 4 is 161 Å². The van der Waals surface area contributed by atoms with Crippen LogP contribution in [0.1, 0.15) is 124 Å². The molecule has 5 aromatic heterocycles. The Morgan fingerprint density at radius 1 is 0.409 bits per heavy atom. The van der Waals surface area contributed by atoms with Crippen molar-refractivity contribution in [3.63, 3.8) is 0 Å². The molecule has 1 amide bonds. The van der Waals surface area contributed by atoms with E-state index in [2.05, 4.69) is 20.7 Å². The summed E-state index contributed by atoms with van der Waals surface area (Å²) in [6, 6.07) is 72.0. The van der Waals surface area contributed by atoms with E-state index in [1.54, 1.807) is 60.7 Å². The van der Waals surface area contributed by atoms with Crippen LogP contribution in [0.3, 0.4) is 0 Å². The second kappa shape index (κ2) is 44.4. The van der Waals surface area contributed by atoms with Gasteiger partial charge in [0, 0.05) is 69.7 Å². The molecule has 0 bridgehead atoms. The zero-order chi connectivity index (χ0) is 79.4. The normalized spacial score (nSPS) is 10.3. The SMILES string of the molecule is CC(C)N(C(=O)c1ccc(Cl)cc1)c1cc(-c2ccccc2)sc1C(=O)O.CC(C)Nc1cc(-c2ccccc2)sc1C(=O)[O-].COC(=O)c1sc(-c2ccccc2)cc1N.COC(=O)c1sc(-c2ccccc2)cc1NC(C)C.COC(=O)c1sc(-c2ccccc2)cc1NC(C)C.O=C(Cl)c1ccc(Cl)cc1.[Na+]. The van der Waals surface area contributed by atoms with E-state index >= 15 is 0 Å². The number of nitrogens with zero attached hydrogens (tertiary/aromatic N) is 1. The Hall–Kier alpha value is -9.40. The molecular formula is C84H81Cl3N5NaO12S5.